The molecular weight excluding hydrogens is 184 g/mol. The fraction of sp³-hybridized carbons (Fsp3) is 0.538. The number of nitrogens with two attached hydrogens (primary N) is 2. The third-order valence-corrected chi connectivity index (χ3v) is 3.40. The summed E-state index contributed by atoms with van der Waals surface area (Å²) in [5.74, 6) is 0.827. The van der Waals surface area contributed by atoms with Crippen molar-refractivity contribution in [3.05, 3.63) is 29.8 Å². The molecule has 82 valence electrons. The summed E-state index contributed by atoms with van der Waals surface area (Å²) in [6.45, 7) is 0. The fourth-order valence-electron chi connectivity index (χ4n) is 2.38. The Kier molecular flexibility index (Phi) is 3.27. The summed E-state index contributed by atoms with van der Waals surface area (Å²) in [5.41, 5.74) is 13.8. The molecule has 1 aromatic carbocycles. The molecule has 2 heteroatoms. The maximum absolute atomic E-state index is 5.89. The quantitative estimate of drug-likeness (QED) is 0.726. The number of anilines is 1. The van der Waals surface area contributed by atoms with Gasteiger partial charge in [-0.05, 0) is 55.7 Å². The van der Waals surface area contributed by atoms with Crippen LogP contribution < -0.4 is 11.5 Å². The molecule has 1 aromatic rings. The topological polar surface area (TPSA) is 52.0 Å². The second-order valence-electron chi connectivity index (χ2n) is 4.73. The zero-order valence-corrected chi connectivity index (χ0v) is 9.15. The van der Waals surface area contributed by atoms with Crippen LogP contribution in [0.15, 0.2) is 24.3 Å². The van der Waals surface area contributed by atoms with Crippen LogP contribution >= 0.6 is 0 Å². The molecular formula is C13H20N2. The highest BCUT2D eigenvalue weighted by Crippen LogP contribution is 2.26. The Morgan fingerprint density at radius 2 is 1.60 bits per heavy atom. The van der Waals surface area contributed by atoms with Gasteiger partial charge in [-0.15, -0.1) is 0 Å². The van der Waals surface area contributed by atoms with Crippen molar-refractivity contribution < 1.29 is 0 Å². The van der Waals surface area contributed by atoms with E-state index in [-0.39, 0.29) is 0 Å². The molecule has 0 atom stereocenters. The highest BCUT2D eigenvalue weighted by atomic mass is 14.6. The zero-order valence-electron chi connectivity index (χ0n) is 9.15. The van der Waals surface area contributed by atoms with E-state index in [4.69, 9.17) is 11.5 Å². The Labute approximate surface area is 91.7 Å². The molecule has 15 heavy (non-hydrogen) atoms. The number of rotatable bonds is 2. The predicted molar refractivity (Wildman–Crippen MR) is 64.5 cm³/mol. The van der Waals surface area contributed by atoms with Crippen molar-refractivity contribution in [2.24, 2.45) is 11.7 Å². The lowest BCUT2D eigenvalue weighted by Gasteiger charge is -2.26. The largest absolute Gasteiger partial charge is 0.399 e. The van der Waals surface area contributed by atoms with Crippen molar-refractivity contribution in [3.8, 4) is 0 Å². The first kappa shape index (κ1) is 10.5. The molecule has 1 saturated carbocycles. The average Bonchev–Trinajstić information content (AvgIpc) is 2.25. The minimum atomic E-state index is 0.452. The van der Waals surface area contributed by atoms with Crippen molar-refractivity contribution in [2.45, 2.75) is 38.1 Å². The van der Waals surface area contributed by atoms with Crippen LogP contribution in [0.4, 0.5) is 5.69 Å². The summed E-state index contributed by atoms with van der Waals surface area (Å²) >= 11 is 0. The first-order chi connectivity index (χ1) is 7.24. The van der Waals surface area contributed by atoms with Crippen LogP contribution in [0, 0.1) is 5.92 Å². The third-order valence-electron chi connectivity index (χ3n) is 3.40. The van der Waals surface area contributed by atoms with Crippen molar-refractivity contribution in [2.75, 3.05) is 5.73 Å². The molecule has 1 fully saturated rings. The molecule has 2 nitrogen and oxygen atoms in total. The number of benzene rings is 1. The van der Waals surface area contributed by atoms with E-state index in [1.807, 2.05) is 12.1 Å². The Balaban J connectivity index is 1.89. The summed E-state index contributed by atoms with van der Waals surface area (Å²) in [4.78, 5) is 0. The summed E-state index contributed by atoms with van der Waals surface area (Å²) in [6, 6.07) is 8.72. The van der Waals surface area contributed by atoms with Gasteiger partial charge in [-0.2, -0.15) is 0 Å². The van der Waals surface area contributed by atoms with E-state index in [0.29, 0.717) is 6.04 Å². The van der Waals surface area contributed by atoms with Gasteiger partial charge >= 0.3 is 0 Å². The van der Waals surface area contributed by atoms with Gasteiger partial charge in [0.2, 0.25) is 0 Å². The Bertz CT molecular complexity index is 297. The highest BCUT2D eigenvalue weighted by Gasteiger charge is 2.18. The molecule has 0 aromatic heterocycles. The number of hydrogen-bond donors (Lipinski definition) is 2. The predicted octanol–water partition coefficient (Wildman–Crippen LogP) is 2.33. The van der Waals surface area contributed by atoms with Crippen LogP contribution in [-0.4, -0.2) is 6.04 Å². The van der Waals surface area contributed by atoms with Crippen molar-refractivity contribution in [1.29, 1.82) is 0 Å². The molecule has 2 rings (SSSR count). The van der Waals surface area contributed by atoms with Crippen LogP contribution in [0.25, 0.3) is 0 Å². The molecule has 0 radical (unpaired) electrons. The Morgan fingerprint density at radius 3 is 2.20 bits per heavy atom. The molecule has 0 unspecified atom stereocenters. The molecule has 0 spiro atoms. The van der Waals surface area contributed by atoms with Gasteiger partial charge in [0, 0.05) is 11.7 Å². The first-order valence-corrected chi connectivity index (χ1v) is 5.84. The maximum atomic E-state index is 5.89. The van der Waals surface area contributed by atoms with Crippen molar-refractivity contribution in [1.82, 2.24) is 0 Å². The van der Waals surface area contributed by atoms with Gasteiger partial charge in [0.05, 0.1) is 0 Å². The summed E-state index contributed by atoms with van der Waals surface area (Å²) in [5, 5.41) is 0. The summed E-state index contributed by atoms with van der Waals surface area (Å²) in [6.07, 6.45) is 6.14. The number of hydrogen-bond acceptors (Lipinski definition) is 2. The summed E-state index contributed by atoms with van der Waals surface area (Å²) in [7, 11) is 0. The van der Waals surface area contributed by atoms with E-state index < -0.39 is 0 Å². The molecule has 0 saturated heterocycles. The minimum Gasteiger partial charge on any atom is -0.399 e. The van der Waals surface area contributed by atoms with E-state index in [0.717, 1.165) is 11.6 Å². The van der Waals surface area contributed by atoms with E-state index in [9.17, 15) is 0 Å². The second kappa shape index (κ2) is 4.67. The van der Waals surface area contributed by atoms with Gasteiger partial charge < -0.3 is 11.5 Å². The van der Waals surface area contributed by atoms with Gasteiger partial charge in [0.15, 0.2) is 0 Å². The van der Waals surface area contributed by atoms with E-state index in [1.54, 1.807) is 0 Å². The van der Waals surface area contributed by atoms with Crippen molar-refractivity contribution in [3.63, 3.8) is 0 Å². The van der Waals surface area contributed by atoms with Crippen molar-refractivity contribution >= 4 is 5.69 Å². The SMILES string of the molecule is Nc1ccc(CC2CCC(N)CC2)cc1. The molecule has 1 aliphatic carbocycles. The van der Waals surface area contributed by atoms with Crippen LogP contribution in [0.2, 0.25) is 0 Å². The minimum absolute atomic E-state index is 0.452. The monoisotopic (exact) mass is 204 g/mol. The van der Waals surface area contributed by atoms with Crippen LogP contribution in [-0.2, 0) is 6.42 Å². The molecule has 0 amide bonds. The lowest BCUT2D eigenvalue weighted by Crippen LogP contribution is -2.27. The lowest BCUT2D eigenvalue weighted by atomic mass is 9.83. The Hall–Kier alpha value is -1.02. The van der Waals surface area contributed by atoms with E-state index >= 15 is 0 Å². The maximum Gasteiger partial charge on any atom is 0.0314 e. The van der Waals surface area contributed by atoms with Crippen LogP contribution in [0.3, 0.4) is 0 Å². The smallest absolute Gasteiger partial charge is 0.0314 e. The zero-order chi connectivity index (χ0) is 10.7. The molecule has 4 N–H and O–H groups in total. The van der Waals surface area contributed by atoms with E-state index in [1.165, 1.54) is 37.7 Å². The van der Waals surface area contributed by atoms with Gasteiger partial charge in [-0.25, -0.2) is 0 Å². The van der Waals surface area contributed by atoms with E-state index in [2.05, 4.69) is 12.1 Å². The van der Waals surface area contributed by atoms with Gasteiger partial charge in [0.25, 0.3) is 0 Å². The van der Waals surface area contributed by atoms with Crippen LogP contribution in [0.1, 0.15) is 31.2 Å². The molecule has 0 heterocycles. The van der Waals surface area contributed by atoms with Gasteiger partial charge in [-0.3, -0.25) is 0 Å². The summed E-state index contributed by atoms with van der Waals surface area (Å²) < 4.78 is 0. The molecule has 0 bridgehead atoms. The fourth-order valence-corrected chi connectivity index (χ4v) is 2.38. The molecule has 0 aliphatic heterocycles. The van der Waals surface area contributed by atoms with Gasteiger partial charge in [0.1, 0.15) is 0 Å². The normalized spacial score (nSPS) is 26.5. The second-order valence-corrected chi connectivity index (χ2v) is 4.73. The standard InChI is InChI=1S/C13H20N2/c14-12-5-1-10(2-6-12)9-11-3-7-13(15)8-4-11/h1-2,5-6,11,13H,3-4,7-9,14-15H2. The molecule has 1 aliphatic rings. The van der Waals surface area contributed by atoms with Gasteiger partial charge in [-0.1, -0.05) is 12.1 Å². The third kappa shape index (κ3) is 2.96. The first-order valence-electron chi connectivity index (χ1n) is 5.84. The lowest BCUT2D eigenvalue weighted by molar-refractivity contribution is 0.325. The van der Waals surface area contributed by atoms with Crippen LogP contribution in [0.5, 0.6) is 0 Å². The highest BCUT2D eigenvalue weighted by molar-refractivity contribution is 5.39. The Morgan fingerprint density at radius 1 is 1.00 bits per heavy atom. The number of nitrogen functional groups attached to an aromatic ring is 1. The average molecular weight is 204 g/mol.